The van der Waals surface area contributed by atoms with E-state index < -0.39 is 11.4 Å². The molecule has 0 fully saturated rings. The average Bonchev–Trinajstić information content (AvgIpc) is 2.27. The minimum Gasteiger partial charge on any atom is -0.480 e. The van der Waals surface area contributed by atoms with E-state index in [0.29, 0.717) is 6.42 Å². The predicted octanol–water partition coefficient (Wildman–Crippen LogP) is 2.53. The fourth-order valence-electron chi connectivity index (χ4n) is 2.27. The Morgan fingerprint density at radius 3 is 2.53 bits per heavy atom. The normalized spacial score (nSPS) is 26.0. The van der Waals surface area contributed by atoms with Crippen molar-refractivity contribution in [2.75, 3.05) is 0 Å². The predicted molar refractivity (Wildman–Crippen MR) is 66.6 cm³/mol. The third-order valence-electron chi connectivity index (χ3n) is 3.40. The molecule has 0 heterocycles. The van der Waals surface area contributed by atoms with Gasteiger partial charge in [-0.15, -0.1) is 12.3 Å². The number of rotatable bonds is 3. The smallest absolute Gasteiger partial charge is 0.318 e. The SMILES string of the molecule is C#CC[C@@H]1C=C[C@]1(C(=O)O)c1ccc(C)cc1. The molecule has 1 N–H and O–H groups in total. The van der Waals surface area contributed by atoms with Gasteiger partial charge in [0.25, 0.3) is 0 Å². The number of hydrogen-bond donors (Lipinski definition) is 1. The number of carboxylic acids is 1. The van der Waals surface area contributed by atoms with Crippen molar-refractivity contribution in [2.24, 2.45) is 5.92 Å². The Morgan fingerprint density at radius 1 is 1.47 bits per heavy atom. The summed E-state index contributed by atoms with van der Waals surface area (Å²) in [5, 5.41) is 9.48. The zero-order chi connectivity index (χ0) is 12.5. The summed E-state index contributed by atoms with van der Waals surface area (Å²) >= 11 is 0. The minimum atomic E-state index is -0.930. The van der Waals surface area contributed by atoms with Crippen LogP contribution in [0, 0.1) is 25.2 Å². The van der Waals surface area contributed by atoms with E-state index in [-0.39, 0.29) is 5.92 Å². The van der Waals surface area contributed by atoms with Gasteiger partial charge in [0.05, 0.1) is 0 Å². The first-order valence-corrected chi connectivity index (χ1v) is 5.54. The summed E-state index contributed by atoms with van der Waals surface area (Å²) in [5.74, 6) is 1.61. The maximum Gasteiger partial charge on any atom is 0.318 e. The van der Waals surface area contributed by atoms with Crippen LogP contribution in [-0.4, -0.2) is 11.1 Å². The highest BCUT2D eigenvalue weighted by Crippen LogP contribution is 2.44. The van der Waals surface area contributed by atoms with Gasteiger partial charge in [0.1, 0.15) is 5.41 Å². The molecule has 1 aliphatic carbocycles. The lowest BCUT2D eigenvalue weighted by atomic mass is 9.62. The van der Waals surface area contributed by atoms with Crippen molar-refractivity contribution in [1.29, 1.82) is 0 Å². The Kier molecular flexibility index (Phi) is 2.77. The largest absolute Gasteiger partial charge is 0.480 e. The topological polar surface area (TPSA) is 37.3 Å². The summed E-state index contributed by atoms with van der Waals surface area (Å²) in [5.41, 5.74) is 0.990. The molecule has 0 radical (unpaired) electrons. The van der Waals surface area contributed by atoms with E-state index in [2.05, 4.69) is 5.92 Å². The summed E-state index contributed by atoms with van der Waals surface area (Å²) in [6.45, 7) is 1.98. The number of allylic oxidation sites excluding steroid dienone is 1. The molecular formula is C15H14O2. The zero-order valence-electron chi connectivity index (χ0n) is 9.68. The molecule has 0 amide bonds. The van der Waals surface area contributed by atoms with Crippen LogP contribution in [0.15, 0.2) is 36.4 Å². The van der Waals surface area contributed by atoms with Gasteiger partial charge in [0.2, 0.25) is 0 Å². The number of terminal acetylenes is 1. The molecule has 2 nitrogen and oxygen atoms in total. The van der Waals surface area contributed by atoms with E-state index >= 15 is 0 Å². The highest BCUT2D eigenvalue weighted by atomic mass is 16.4. The van der Waals surface area contributed by atoms with Crippen LogP contribution in [0.4, 0.5) is 0 Å². The molecule has 2 rings (SSSR count). The van der Waals surface area contributed by atoms with Gasteiger partial charge in [-0.25, -0.2) is 0 Å². The molecule has 17 heavy (non-hydrogen) atoms. The highest BCUT2D eigenvalue weighted by Gasteiger charge is 2.49. The zero-order valence-corrected chi connectivity index (χ0v) is 9.68. The Labute approximate surface area is 101 Å². The first-order valence-electron chi connectivity index (χ1n) is 5.54. The Hall–Kier alpha value is -2.01. The van der Waals surface area contributed by atoms with Crippen molar-refractivity contribution < 1.29 is 9.90 Å². The Morgan fingerprint density at radius 2 is 2.12 bits per heavy atom. The number of carboxylic acid groups (broad SMARTS) is 1. The van der Waals surface area contributed by atoms with Gasteiger partial charge >= 0.3 is 5.97 Å². The van der Waals surface area contributed by atoms with Crippen LogP contribution in [0.5, 0.6) is 0 Å². The first kappa shape index (κ1) is 11.5. The first-order chi connectivity index (χ1) is 8.11. The molecule has 2 atom stereocenters. The van der Waals surface area contributed by atoms with Crippen LogP contribution < -0.4 is 0 Å². The third kappa shape index (κ3) is 1.64. The minimum absolute atomic E-state index is 0.104. The van der Waals surface area contributed by atoms with Crippen LogP contribution in [-0.2, 0) is 10.2 Å². The van der Waals surface area contributed by atoms with Gasteiger partial charge in [0, 0.05) is 12.3 Å². The van der Waals surface area contributed by atoms with Crippen molar-refractivity contribution in [3.8, 4) is 12.3 Å². The number of hydrogen-bond acceptors (Lipinski definition) is 1. The summed E-state index contributed by atoms with van der Waals surface area (Å²) < 4.78 is 0. The molecule has 0 saturated carbocycles. The molecule has 0 saturated heterocycles. The molecule has 0 spiro atoms. The van der Waals surface area contributed by atoms with E-state index in [9.17, 15) is 9.90 Å². The Balaban J connectivity index is 2.44. The van der Waals surface area contributed by atoms with Gasteiger partial charge in [-0.05, 0) is 12.5 Å². The monoisotopic (exact) mass is 226 g/mol. The number of aryl methyl sites for hydroxylation is 1. The number of benzene rings is 1. The van der Waals surface area contributed by atoms with Gasteiger partial charge in [-0.1, -0.05) is 42.0 Å². The summed E-state index contributed by atoms with van der Waals surface area (Å²) in [4.78, 5) is 11.6. The lowest BCUT2D eigenvalue weighted by Gasteiger charge is -2.39. The van der Waals surface area contributed by atoms with E-state index in [4.69, 9.17) is 6.42 Å². The summed E-state index contributed by atoms with van der Waals surface area (Å²) in [7, 11) is 0. The fourth-order valence-corrected chi connectivity index (χ4v) is 2.27. The molecule has 0 bridgehead atoms. The highest BCUT2D eigenvalue weighted by molar-refractivity contribution is 5.87. The lowest BCUT2D eigenvalue weighted by molar-refractivity contribution is -0.144. The van der Waals surface area contributed by atoms with Crippen LogP contribution in [0.1, 0.15) is 17.5 Å². The standard InChI is InChI=1S/C15H14O2/c1-3-4-12-9-10-15(12,14(16)17)13-7-5-11(2)6-8-13/h1,5-10,12H,4H2,2H3,(H,16,17)/t12-,15-/m1/s1. The molecule has 0 unspecified atom stereocenters. The van der Waals surface area contributed by atoms with E-state index in [0.717, 1.165) is 11.1 Å². The number of carbonyl (C=O) groups is 1. The van der Waals surface area contributed by atoms with E-state index in [1.54, 1.807) is 6.08 Å². The van der Waals surface area contributed by atoms with Crippen molar-refractivity contribution in [1.82, 2.24) is 0 Å². The van der Waals surface area contributed by atoms with Gasteiger partial charge in [-0.2, -0.15) is 0 Å². The van der Waals surface area contributed by atoms with E-state index in [1.807, 2.05) is 37.3 Å². The second-order valence-corrected chi connectivity index (χ2v) is 4.41. The lowest BCUT2D eigenvalue weighted by Crippen LogP contribution is -2.45. The summed E-state index contributed by atoms with van der Waals surface area (Å²) in [6.07, 6.45) is 9.36. The van der Waals surface area contributed by atoms with Crippen LogP contribution in [0.2, 0.25) is 0 Å². The molecule has 86 valence electrons. The maximum absolute atomic E-state index is 11.6. The molecule has 1 aliphatic rings. The van der Waals surface area contributed by atoms with Crippen LogP contribution in [0.3, 0.4) is 0 Å². The van der Waals surface area contributed by atoms with E-state index in [1.165, 1.54) is 0 Å². The summed E-state index contributed by atoms with van der Waals surface area (Å²) in [6, 6.07) is 7.60. The van der Waals surface area contributed by atoms with Crippen molar-refractivity contribution in [2.45, 2.75) is 18.8 Å². The van der Waals surface area contributed by atoms with Crippen LogP contribution >= 0.6 is 0 Å². The quantitative estimate of drug-likeness (QED) is 0.635. The molecular weight excluding hydrogens is 212 g/mol. The second kappa shape index (κ2) is 4.10. The molecule has 1 aromatic rings. The van der Waals surface area contributed by atoms with Crippen molar-refractivity contribution >= 4 is 5.97 Å². The maximum atomic E-state index is 11.6. The van der Waals surface area contributed by atoms with Crippen molar-refractivity contribution in [3.05, 3.63) is 47.5 Å². The van der Waals surface area contributed by atoms with Gasteiger partial charge in [-0.3, -0.25) is 4.79 Å². The van der Waals surface area contributed by atoms with Gasteiger partial charge < -0.3 is 5.11 Å². The average molecular weight is 226 g/mol. The van der Waals surface area contributed by atoms with Crippen molar-refractivity contribution in [3.63, 3.8) is 0 Å². The third-order valence-corrected chi connectivity index (χ3v) is 3.40. The van der Waals surface area contributed by atoms with Gasteiger partial charge in [0.15, 0.2) is 0 Å². The molecule has 2 heteroatoms. The van der Waals surface area contributed by atoms with Crippen LogP contribution in [0.25, 0.3) is 0 Å². The number of aliphatic carboxylic acids is 1. The molecule has 0 aromatic heterocycles. The Bertz CT molecular complexity index is 505. The fraction of sp³-hybridized carbons (Fsp3) is 0.267. The molecule has 1 aromatic carbocycles. The molecule has 0 aliphatic heterocycles. The second-order valence-electron chi connectivity index (χ2n) is 4.41.